The quantitative estimate of drug-likeness (QED) is 0.478. The molecule has 1 aromatic heterocycles. The fraction of sp³-hybridized carbons (Fsp3) is 0.552. The molecule has 1 aromatic carbocycles. The highest BCUT2D eigenvalue weighted by atomic mass is 16.4. The molecule has 3 nitrogen and oxygen atoms in total. The molecule has 2 aliphatic rings. The molecule has 0 fully saturated rings. The van der Waals surface area contributed by atoms with Crippen LogP contribution in [0.2, 0.25) is 0 Å². The van der Waals surface area contributed by atoms with Crippen LogP contribution in [0.4, 0.5) is 0 Å². The third-order valence-electron chi connectivity index (χ3n) is 8.10. The predicted octanol–water partition coefficient (Wildman–Crippen LogP) is 7.54. The molecule has 172 valence electrons. The Morgan fingerprint density at radius 1 is 1.03 bits per heavy atom. The molecular formula is C29H38O3. The van der Waals surface area contributed by atoms with Crippen LogP contribution in [-0.4, -0.2) is 11.1 Å². The summed E-state index contributed by atoms with van der Waals surface area (Å²) in [5.41, 5.74) is 6.01. The predicted molar refractivity (Wildman–Crippen MR) is 130 cm³/mol. The molecule has 0 amide bonds. The van der Waals surface area contributed by atoms with Crippen molar-refractivity contribution in [1.82, 2.24) is 0 Å². The van der Waals surface area contributed by atoms with Crippen molar-refractivity contribution < 1.29 is 14.3 Å². The summed E-state index contributed by atoms with van der Waals surface area (Å²) in [5, 5.41) is 9.05. The second-order valence-corrected chi connectivity index (χ2v) is 11.2. The van der Waals surface area contributed by atoms with E-state index in [9.17, 15) is 4.79 Å². The molecule has 1 N–H and O–H groups in total. The van der Waals surface area contributed by atoms with Gasteiger partial charge in [0.25, 0.3) is 0 Å². The second-order valence-electron chi connectivity index (χ2n) is 11.2. The fourth-order valence-electron chi connectivity index (χ4n) is 6.03. The summed E-state index contributed by atoms with van der Waals surface area (Å²) in [6.07, 6.45) is 11.7. The number of carboxylic acids is 1. The van der Waals surface area contributed by atoms with Gasteiger partial charge in [-0.2, -0.15) is 0 Å². The van der Waals surface area contributed by atoms with Crippen LogP contribution in [-0.2, 0) is 27.5 Å². The van der Waals surface area contributed by atoms with Gasteiger partial charge in [-0.15, -0.1) is 0 Å². The van der Waals surface area contributed by atoms with Gasteiger partial charge in [0.05, 0.1) is 0 Å². The molecule has 3 heteroatoms. The fourth-order valence-corrected chi connectivity index (χ4v) is 6.03. The highest BCUT2D eigenvalue weighted by Gasteiger charge is 2.43. The molecule has 0 saturated heterocycles. The third kappa shape index (κ3) is 3.95. The van der Waals surface area contributed by atoms with Gasteiger partial charge in [-0.3, -0.25) is 0 Å². The Bertz CT molecular complexity index is 1040. The number of unbranched alkanes of at least 4 members (excludes halogenated alkanes) is 1. The van der Waals surface area contributed by atoms with Crippen LogP contribution >= 0.6 is 0 Å². The molecule has 32 heavy (non-hydrogen) atoms. The van der Waals surface area contributed by atoms with Crippen molar-refractivity contribution >= 4 is 12.0 Å². The minimum absolute atomic E-state index is 0.0604. The van der Waals surface area contributed by atoms with E-state index < -0.39 is 5.97 Å². The van der Waals surface area contributed by atoms with Crippen molar-refractivity contribution in [2.24, 2.45) is 0 Å². The summed E-state index contributed by atoms with van der Waals surface area (Å²) in [6, 6.07) is 9.41. The number of rotatable bonds is 6. The largest absolute Gasteiger partial charge is 0.478 e. The molecule has 0 aliphatic heterocycles. The van der Waals surface area contributed by atoms with E-state index in [2.05, 4.69) is 58.9 Å². The molecule has 0 spiro atoms. The molecule has 1 heterocycles. The Balaban J connectivity index is 1.87. The van der Waals surface area contributed by atoms with Gasteiger partial charge in [0.2, 0.25) is 0 Å². The van der Waals surface area contributed by atoms with Gasteiger partial charge in [-0.05, 0) is 71.8 Å². The number of benzene rings is 1. The van der Waals surface area contributed by atoms with Crippen molar-refractivity contribution in [2.45, 2.75) is 102 Å². The zero-order valence-electron chi connectivity index (χ0n) is 20.4. The Labute approximate surface area is 192 Å². The van der Waals surface area contributed by atoms with Crippen LogP contribution in [0.5, 0.6) is 0 Å². The van der Waals surface area contributed by atoms with Crippen molar-refractivity contribution in [3.8, 4) is 0 Å². The summed E-state index contributed by atoms with van der Waals surface area (Å²) < 4.78 is 6.15. The number of hydrogen-bond donors (Lipinski definition) is 1. The van der Waals surface area contributed by atoms with E-state index in [1.165, 1.54) is 41.2 Å². The summed E-state index contributed by atoms with van der Waals surface area (Å²) in [6.45, 7) is 11.8. The molecule has 1 atom stereocenters. The number of carboxylic acid groups (broad SMARTS) is 1. The summed E-state index contributed by atoms with van der Waals surface area (Å²) in [7, 11) is 0. The first-order valence-electron chi connectivity index (χ1n) is 12.3. The average Bonchev–Trinajstić information content (AvgIpc) is 3.18. The van der Waals surface area contributed by atoms with Crippen molar-refractivity contribution in [3.63, 3.8) is 0 Å². The summed E-state index contributed by atoms with van der Waals surface area (Å²) in [5.74, 6) is 0.741. The first-order valence-corrected chi connectivity index (χ1v) is 12.3. The van der Waals surface area contributed by atoms with Gasteiger partial charge in [0, 0.05) is 23.5 Å². The second kappa shape index (κ2) is 8.24. The van der Waals surface area contributed by atoms with Crippen LogP contribution < -0.4 is 0 Å². The highest BCUT2D eigenvalue weighted by Crippen LogP contribution is 2.51. The first-order chi connectivity index (χ1) is 15.1. The minimum atomic E-state index is -0.948. The monoisotopic (exact) mass is 434 g/mol. The van der Waals surface area contributed by atoms with E-state index in [-0.39, 0.29) is 16.2 Å². The van der Waals surface area contributed by atoms with Crippen LogP contribution in [0.15, 0.2) is 34.8 Å². The summed E-state index contributed by atoms with van der Waals surface area (Å²) >= 11 is 0. The average molecular weight is 435 g/mol. The molecule has 0 saturated carbocycles. The van der Waals surface area contributed by atoms with E-state index in [1.54, 1.807) is 6.08 Å². The minimum Gasteiger partial charge on any atom is -0.478 e. The van der Waals surface area contributed by atoms with E-state index in [0.29, 0.717) is 5.76 Å². The van der Waals surface area contributed by atoms with Gasteiger partial charge >= 0.3 is 5.97 Å². The van der Waals surface area contributed by atoms with Crippen LogP contribution in [0.3, 0.4) is 0 Å². The number of fused-ring (bicyclic) bond motifs is 2. The van der Waals surface area contributed by atoms with Crippen molar-refractivity contribution in [3.05, 3.63) is 64.1 Å². The van der Waals surface area contributed by atoms with E-state index >= 15 is 0 Å². The van der Waals surface area contributed by atoms with Gasteiger partial charge in [-0.1, -0.05) is 65.7 Å². The van der Waals surface area contributed by atoms with E-state index in [0.717, 1.165) is 44.3 Å². The van der Waals surface area contributed by atoms with Crippen molar-refractivity contribution in [1.29, 1.82) is 0 Å². The first kappa shape index (κ1) is 22.9. The lowest BCUT2D eigenvalue weighted by Gasteiger charge is -2.44. The molecule has 1 unspecified atom stereocenters. The Kier molecular flexibility index (Phi) is 5.90. The van der Waals surface area contributed by atoms with Crippen LogP contribution in [0.25, 0.3) is 6.08 Å². The number of aliphatic carboxylic acids is 1. The summed E-state index contributed by atoms with van der Waals surface area (Å²) in [4.78, 5) is 11.0. The molecule has 0 bridgehead atoms. The van der Waals surface area contributed by atoms with Gasteiger partial charge in [0.15, 0.2) is 0 Å². The standard InChI is InChI=1S/C29H38O3/c1-6-7-14-29(15-8-9-25-24(29)19-21(32-25)11-13-26(30)31)20-10-12-22-23(18-20)28(4,5)17-16-27(22,2)3/h10-13,18-19H,6-9,14-17H2,1-5H3,(H,30,31). The molecule has 4 rings (SSSR count). The maximum atomic E-state index is 11.0. The Morgan fingerprint density at radius 3 is 2.44 bits per heavy atom. The maximum absolute atomic E-state index is 11.0. The molecule has 0 radical (unpaired) electrons. The number of aryl methyl sites for hydroxylation is 1. The zero-order chi connectivity index (χ0) is 23.1. The number of furan rings is 1. The van der Waals surface area contributed by atoms with Gasteiger partial charge < -0.3 is 9.52 Å². The Morgan fingerprint density at radius 2 is 1.75 bits per heavy atom. The smallest absolute Gasteiger partial charge is 0.328 e. The lowest BCUT2D eigenvalue weighted by Crippen LogP contribution is -2.36. The van der Waals surface area contributed by atoms with E-state index in [4.69, 9.17) is 9.52 Å². The van der Waals surface area contributed by atoms with Gasteiger partial charge in [-0.25, -0.2) is 4.79 Å². The van der Waals surface area contributed by atoms with Gasteiger partial charge in [0.1, 0.15) is 11.5 Å². The van der Waals surface area contributed by atoms with Crippen molar-refractivity contribution in [2.75, 3.05) is 0 Å². The highest BCUT2D eigenvalue weighted by molar-refractivity contribution is 5.84. The number of hydrogen-bond acceptors (Lipinski definition) is 2. The van der Waals surface area contributed by atoms with Crippen LogP contribution in [0, 0.1) is 0 Å². The van der Waals surface area contributed by atoms with E-state index in [1.807, 2.05) is 0 Å². The normalized spacial score (nSPS) is 23.7. The lowest BCUT2D eigenvalue weighted by molar-refractivity contribution is -0.131. The topological polar surface area (TPSA) is 50.4 Å². The third-order valence-corrected chi connectivity index (χ3v) is 8.10. The van der Waals surface area contributed by atoms with Crippen LogP contribution in [0.1, 0.15) is 113 Å². The Hall–Kier alpha value is -2.29. The maximum Gasteiger partial charge on any atom is 0.328 e. The molecule has 2 aliphatic carbocycles. The lowest BCUT2D eigenvalue weighted by atomic mass is 9.60. The molecule has 2 aromatic rings. The SMILES string of the molecule is CCCCC1(c2ccc3c(c2)C(C)(C)CCC3(C)C)CCCc2oc(C=CC(=O)O)cc21. The molecular weight excluding hydrogens is 396 g/mol. The number of carbonyl (C=O) groups is 1. The zero-order valence-corrected chi connectivity index (χ0v) is 20.4.